The fourth-order valence-corrected chi connectivity index (χ4v) is 1.82. The van der Waals surface area contributed by atoms with E-state index in [0.29, 0.717) is 0 Å². The molecule has 18 heavy (non-hydrogen) atoms. The van der Waals surface area contributed by atoms with Gasteiger partial charge in [-0.3, -0.25) is 5.10 Å². The molecule has 0 radical (unpaired) electrons. The molecule has 0 unspecified atom stereocenters. The third-order valence-electron chi connectivity index (χ3n) is 2.63. The van der Waals surface area contributed by atoms with Crippen LogP contribution in [0.5, 0.6) is 0 Å². The SMILES string of the molecule is Fc1nc2cccc(F)c2c(F)c1-c1ccn[nH]1. The molecule has 3 rings (SSSR count). The van der Waals surface area contributed by atoms with Gasteiger partial charge in [0.25, 0.3) is 0 Å². The van der Waals surface area contributed by atoms with Crippen LogP contribution in [0.2, 0.25) is 0 Å². The van der Waals surface area contributed by atoms with Gasteiger partial charge in [-0.15, -0.1) is 0 Å². The standard InChI is InChI=1S/C12H6F3N3/c13-6-2-1-3-7-9(6)11(14)10(12(15)17-7)8-4-5-16-18-8/h1-5H,(H,16,18). The predicted molar refractivity (Wildman–Crippen MR) is 59.2 cm³/mol. The lowest BCUT2D eigenvalue weighted by Crippen LogP contribution is -1.98. The molecule has 0 saturated carbocycles. The Balaban J connectivity index is 2.44. The number of halogens is 3. The van der Waals surface area contributed by atoms with Crippen LogP contribution in [0, 0.1) is 17.6 Å². The first kappa shape index (κ1) is 10.8. The van der Waals surface area contributed by atoms with E-state index in [4.69, 9.17) is 0 Å². The van der Waals surface area contributed by atoms with E-state index >= 15 is 0 Å². The minimum absolute atomic E-state index is 0.0618. The van der Waals surface area contributed by atoms with Crippen molar-refractivity contribution in [2.75, 3.05) is 0 Å². The lowest BCUT2D eigenvalue weighted by molar-refractivity contribution is 0.561. The molecule has 90 valence electrons. The number of aromatic amines is 1. The molecule has 0 atom stereocenters. The highest BCUT2D eigenvalue weighted by atomic mass is 19.1. The Labute approximate surface area is 99.3 Å². The maximum absolute atomic E-state index is 14.2. The molecular weight excluding hydrogens is 243 g/mol. The number of H-pyrrole nitrogens is 1. The van der Waals surface area contributed by atoms with Crippen molar-refractivity contribution in [3.05, 3.63) is 48.0 Å². The second-order valence-corrected chi connectivity index (χ2v) is 3.70. The quantitative estimate of drug-likeness (QED) is 0.673. The third-order valence-corrected chi connectivity index (χ3v) is 2.63. The Kier molecular flexibility index (Phi) is 2.29. The minimum atomic E-state index is -1.00. The Morgan fingerprint density at radius 3 is 2.61 bits per heavy atom. The average Bonchev–Trinajstić information content (AvgIpc) is 2.82. The van der Waals surface area contributed by atoms with Gasteiger partial charge in [-0.2, -0.15) is 9.49 Å². The number of hydrogen-bond acceptors (Lipinski definition) is 2. The van der Waals surface area contributed by atoms with E-state index in [0.717, 1.165) is 6.07 Å². The summed E-state index contributed by atoms with van der Waals surface area (Å²) in [7, 11) is 0. The Morgan fingerprint density at radius 2 is 1.89 bits per heavy atom. The number of pyridine rings is 1. The molecule has 3 aromatic rings. The zero-order valence-electron chi connectivity index (χ0n) is 8.92. The molecule has 2 heterocycles. The summed E-state index contributed by atoms with van der Waals surface area (Å²) in [4.78, 5) is 3.56. The van der Waals surface area contributed by atoms with Crippen molar-refractivity contribution in [1.82, 2.24) is 15.2 Å². The largest absolute Gasteiger partial charge is 0.278 e. The third kappa shape index (κ3) is 1.46. The highest BCUT2D eigenvalue weighted by molar-refractivity contribution is 5.84. The fraction of sp³-hybridized carbons (Fsp3) is 0. The van der Waals surface area contributed by atoms with Gasteiger partial charge in [-0.25, -0.2) is 13.8 Å². The molecule has 0 fully saturated rings. The summed E-state index contributed by atoms with van der Waals surface area (Å²) < 4.78 is 41.5. The van der Waals surface area contributed by atoms with E-state index in [-0.39, 0.29) is 16.6 Å². The molecule has 2 aromatic heterocycles. The van der Waals surface area contributed by atoms with E-state index in [1.807, 2.05) is 0 Å². The topological polar surface area (TPSA) is 41.6 Å². The molecular formula is C12H6F3N3. The molecule has 0 aliphatic carbocycles. The van der Waals surface area contributed by atoms with Gasteiger partial charge in [0.1, 0.15) is 11.6 Å². The van der Waals surface area contributed by atoms with Crippen LogP contribution in [-0.4, -0.2) is 15.2 Å². The van der Waals surface area contributed by atoms with E-state index in [1.54, 1.807) is 0 Å². The average molecular weight is 249 g/mol. The molecule has 0 aliphatic rings. The second kappa shape index (κ2) is 3.83. The van der Waals surface area contributed by atoms with E-state index in [2.05, 4.69) is 15.2 Å². The van der Waals surface area contributed by atoms with Crippen LogP contribution in [0.3, 0.4) is 0 Å². The zero-order valence-corrected chi connectivity index (χ0v) is 8.92. The van der Waals surface area contributed by atoms with Gasteiger partial charge in [0.2, 0.25) is 5.95 Å². The number of rotatable bonds is 1. The van der Waals surface area contributed by atoms with Crippen LogP contribution in [0.4, 0.5) is 13.2 Å². The van der Waals surface area contributed by atoms with Gasteiger partial charge in [0, 0.05) is 6.20 Å². The van der Waals surface area contributed by atoms with Crippen molar-refractivity contribution in [2.45, 2.75) is 0 Å². The van der Waals surface area contributed by atoms with Crippen LogP contribution in [-0.2, 0) is 0 Å². The monoisotopic (exact) mass is 249 g/mol. The number of benzene rings is 1. The van der Waals surface area contributed by atoms with Gasteiger partial charge in [-0.05, 0) is 18.2 Å². The van der Waals surface area contributed by atoms with Crippen LogP contribution in [0.15, 0.2) is 30.5 Å². The minimum Gasteiger partial charge on any atom is -0.278 e. The van der Waals surface area contributed by atoms with Crippen LogP contribution < -0.4 is 0 Å². The highest BCUT2D eigenvalue weighted by Crippen LogP contribution is 2.29. The molecule has 0 bridgehead atoms. The van der Waals surface area contributed by atoms with E-state index in [9.17, 15) is 13.2 Å². The van der Waals surface area contributed by atoms with Crippen molar-refractivity contribution < 1.29 is 13.2 Å². The summed E-state index contributed by atoms with van der Waals surface area (Å²) in [5.41, 5.74) is -0.360. The zero-order chi connectivity index (χ0) is 12.7. The van der Waals surface area contributed by atoms with Crippen molar-refractivity contribution in [1.29, 1.82) is 0 Å². The fourth-order valence-electron chi connectivity index (χ4n) is 1.82. The van der Waals surface area contributed by atoms with Crippen LogP contribution >= 0.6 is 0 Å². The summed E-state index contributed by atoms with van der Waals surface area (Å²) in [6.45, 7) is 0. The first-order valence-electron chi connectivity index (χ1n) is 5.11. The lowest BCUT2D eigenvalue weighted by Gasteiger charge is -2.06. The summed E-state index contributed by atoms with van der Waals surface area (Å²) >= 11 is 0. The maximum Gasteiger partial charge on any atom is 0.225 e. The van der Waals surface area contributed by atoms with Crippen molar-refractivity contribution in [3.63, 3.8) is 0 Å². The van der Waals surface area contributed by atoms with Crippen LogP contribution in [0.1, 0.15) is 0 Å². The van der Waals surface area contributed by atoms with Gasteiger partial charge >= 0.3 is 0 Å². The molecule has 0 spiro atoms. The number of aromatic nitrogens is 3. The Hall–Kier alpha value is -2.37. The predicted octanol–water partition coefficient (Wildman–Crippen LogP) is 3.04. The summed E-state index contributed by atoms with van der Waals surface area (Å²) in [6.07, 6.45) is 1.35. The van der Waals surface area contributed by atoms with Gasteiger partial charge in [-0.1, -0.05) is 6.07 Å². The lowest BCUT2D eigenvalue weighted by atomic mass is 10.1. The Morgan fingerprint density at radius 1 is 1.06 bits per heavy atom. The molecule has 3 nitrogen and oxygen atoms in total. The maximum atomic E-state index is 14.2. The summed E-state index contributed by atoms with van der Waals surface area (Å²) in [5.74, 6) is -2.77. The molecule has 1 aromatic carbocycles. The van der Waals surface area contributed by atoms with Gasteiger partial charge in [0.05, 0.1) is 22.2 Å². The molecule has 0 aliphatic heterocycles. The molecule has 0 saturated heterocycles. The number of nitrogens with one attached hydrogen (secondary N) is 1. The summed E-state index contributed by atoms with van der Waals surface area (Å²) in [6, 6.07) is 5.18. The van der Waals surface area contributed by atoms with E-state index in [1.165, 1.54) is 24.4 Å². The Bertz CT molecular complexity index is 723. The first-order chi connectivity index (χ1) is 8.68. The van der Waals surface area contributed by atoms with Crippen molar-refractivity contribution >= 4 is 10.9 Å². The number of hydrogen-bond donors (Lipinski definition) is 1. The normalized spacial score (nSPS) is 11.1. The molecule has 0 amide bonds. The van der Waals surface area contributed by atoms with Gasteiger partial charge < -0.3 is 0 Å². The number of fused-ring (bicyclic) bond motifs is 1. The summed E-state index contributed by atoms with van der Waals surface area (Å²) in [5, 5.41) is 5.70. The van der Waals surface area contributed by atoms with Crippen LogP contribution in [0.25, 0.3) is 22.2 Å². The smallest absolute Gasteiger partial charge is 0.225 e. The highest BCUT2D eigenvalue weighted by Gasteiger charge is 2.19. The molecule has 6 heteroatoms. The molecule has 1 N–H and O–H groups in total. The first-order valence-corrected chi connectivity index (χ1v) is 5.11. The van der Waals surface area contributed by atoms with Crippen molar-refractivity contribution in [3.8, 4) is 11.3 Å². The van der Waals surface area contributed by atoms with Crippen molar-refractivity contribution in [2.24, 2.45) is 0 Å². The van der Waals surface area contributed by atoms with Gasteiger partial charge in [0.15, 0.2) is 0 Å². The number of nitrogens with zero attached hydrogens (tertiary/aromatic N) is 2. The van der Waals surface area contributed by atoms with E-state index < -0.39 is 23.1 Å². The second-order valence-electron chi connectivity index (χ2n) is 3.70.